The molecule has 0 bridgehead atoms. The summed E-state index contributed by atoms with van der Waals surface area (Å²) in [5.74, 6) is -1.17. The lowest BCUT2D eigenvalue weighted by Gasteiger charge is -2.03. The maximum Gasteiger partial charge on any atom is 0.271 e. The average molecular weight is 342 g/mol. The lowest BCUT2D eigenvalue weighted by atomic mass is 10.2. The molecule has 0 saturated carbocycles. The number of carbonyl (C=O) groups excluding carboxylic acids is 2. The third kappa shape index (κ3) is 3.28. The highest BCUT2D eigenvalue weighted by molar-refractivity contribution is 6.30. The molecule has 0 spiro atoms. The topological polar surface area (TPSA) is 97.7 Å². The van der Waals surface area contributed by atoms with Crippen molar-refractivity contribution in [3.05, 3.63) is 76.3 Å². The first kappa shape index (κ1) is 15.8. The molecule has 0 unspecified atom stereocenters. The number of benzene rings is 2. The zero-order chi connectivity index (χ0) is 17.1. The second-order valence-corrected chi connectivity index (χ2v) is 5.36. The van der Waals surface area contributed by atoms with E-state index in [-0.39, 0.29) is 11.1 Å². The summed E-state index contributed by atoms with van der Waals surface area (Å²) in [6.45, 7) is 0. The van der Waals surface area contributed by atoms with Gasteiger partial charge in [0.25, 0.3) is 11.8 Å². The van der Waals surface area contributed by atoms with E-state index in [0.29, 0.717) is 21.6 Å². The van der Waals surface area contributed by atoms with Gasteiger partial charge in [-0.1, -0.05) is 29.8 Å². The SMILES string of the molecule is NC(=O)c1cc2ccccc2o/c1=N/NC(=O)c1ccc(Cl)cc1. The third-order valence-electron chi connectivity index (χ3n) is 3.29. The summed E-state index contributed by atoms with van der Waals surface area (Å²) >= 11 is 5.78. The van der Waals surface area contributed by atoms with E-state index in [1.165, 1.54) is 0 Å². The van der Waals surface area contributed by atoms with Crippen molar-refractivity contribution in [2.45, 2.75) is 0 Å². The van der Waals surface area contributed by atoms with Crippen LogP contribution in [0.2, 0.25) is 5.02 Å². The Morgan fingerprint density at radius 2 is 1.79 bits per heavy atom. The smallest absolute Gasteiger partial charge is 0.271 e. The minimum Gasteiger partial charge on any atom is -0.436 e. The number of halogens is 1. The Kier molecular flexibility index (Phi) is 4.31. The molecule has 3 rings (SSSR count). The number of hydrogen-bond donors (Lipinski definition) is 2. The van der Waals surface area contributed by atoms with Gasteiger partial charge in [0.1, 0.15) is 11.1 Å². The summed E-state index contributed by atoms with van der Waals surface area (Å²) in [4.78, 5) is 23.7. The van der Waals surface area contributed by atoms with Crippen LogP contribution in [-0.4, -0.2) is 11.8 Å². The van der Waals surface area contributed by atoms with E-state index >= 15 is 0 Å². The number of primary amides is 1. The Balaban J connectivity index is 1.99. The Hall–Kier alpha value is -3.12. The van der Waals surface area contributed by atoms with Gasteiger partial charge in [-0.2, -0.15) is 0 Å². The molecule has 6 nitrogen and oxygen atoms in total. The zero-order valence-corrected chi connectivity index (χ0v) is 13.1. The van der Waals surface area contributed by atoms with Gasteiger partial charge in [-0.25, -0.2) is 5.43 Å². The molecule has 0 fully saturated rings. The number of hydrogen-bond acceptors (Lipinski definition) is 4. The molecule has 2 aromatic carbocycles. The van der Waals surface area contributed by atoms with Crippen LogP contribution in [0.3, 0.4) is 0 Å². The van der Waals surface area contributed by atoms with Crippen molar-refractivity contribution in [3.63, 3.8) is 0 Å². The Morgan fingerprint density at radius 3 is 2.50 bits per heavy atom. The van der Waals surface area contributed by atoms with Crippen molar-refractivity contribution in [3.8, 4) is 0 Å². The van der Waals surface area contributed by atoms with Crippen LogP contribution in [-0.2, 0) is 0 Å². The van der Waals surface area contributed by atoms with E-state index in [0.717, 1.165) is 0 Å². The van der Waals surface area contributed by atoms with Gasteiger partial charge in [0, 0.05) is 16.0 Å². The van der Waals surface area contributed by atoms with Crippen molar-refractivity contribution in [2.24, 2.45) is 10.8 Å². The van der Waals surface area contributed by atoms with Crippen LogP contribution in [0.15, 0.2) is 64.1 Å². The van der Waals surface area contributed by atoms with Crippen molar-refractivity contribution >= 4 is 34.4 Å². The number of amides is 2. The Bertz CT molecular complexity index is 994. The number of rotatable bonds is 3. The zero-order valence-electron chi connectivity index (χ0n) is 12.3. The molecule has 7 heteroatoms. The number of nitrogens with two attached hydrogens (primary N) is 1. The van der Waals surface area contributed by atoms with E-state index < -0.39 is 11.8 Å². The van der Waals surface area contributed by atoms with Gasteiger partial charge in [-0.15, -0.1) is 5.10 Å². The van der Waals surface area contributed by atoms with Gasteiger partial charge in [0.2, 0.25) is 5.55 Å². The van der Waals surface area contributed by atoms with Gasteiger partial charge >= 0.3 is 0 Å². The van der Waals surface area contributed by atoms with E-state index in [9.17, 15) is 9.59 Å². The molecule has 120 valence electrons. The van der Waals surface area contributed by atoms with Crippen LogP contribution in [0.1, 0.15) is 20.7 Å². The first-order valence-corrected chi connectivity index (χ1v) is 7.35. The molecule has 3 aromatic rings. The number of nitrogens with one attached hydrogen (secondary N) is 1. The minimum absolute atomic E-state index is 0.0662. The fourth-order valence-corrected chi connectivity index (χ4v) is 2.22. The van der Waals surface area contributed by atoms with Gasteiger partial charge < -0.3 is 10.2 Å². The predicted octanol–water partition coefficient (Wildman–Crippen LogP) is 2.43. The largest absolute Gasteiger partial charge is 0.436 e. The van der Waals surface area contributed by atoms with Crippen molar-refractivity contribution in [1.29, 1.82) is 0 Å². The number of fused-ring (bicyclic) bond motifs is 1. The van der Waals surface area contributed by atoms with Gasteiger partial charge in [-0.05, 0) is 36.4 Å². The monoisotopic (exact) mass is 341 g/mol. The molecule has 1 heterocycles. The van der Waals surface area contributed by atoms with Crippen LogP contribution >= 0.6 is 11.6 Å². The Morgan fingerprint density at radius 1 is 1.08 bits per heavy atom. The summed E-state index contributed by atoms with van der Waals surface area (Å²) < 4.78 is 5.56. The van der Waals surface area contributed by atoms with E-state index in [2.05, 4.69) is 10.5 Å². The molecule has 0 aliphatic heterocycles. The van der Waals surface area contributed by atoms with E-state index in [4.69, 9.17) is 21.8 Å². The van der Waals surface area contributed by atoms with Crippen molar-refractivity contribution < 1.29 is 14.0 Å². The maximum absolute atomic E-state index is 12.1. The summed E-state index contributed by atoms with van der Waals surface area (Å²) in [5, 5.41) is 5.10. The summed E-state index contributed by atoms with van der Waals surface area (Å²) in [5.41, 5.74) is 8.58. The van der Waals surface area contributed by atoms with Gasteiger partial charge in [0.05, 0.1) is 0 Å². The Labute approximate surface area is 141 Å². The molecule has 0 atom stereocenters. The lowest BCUT2D eigenvalue weighted by molar-refractivity contribution is 0.0946. The fourth-order valence-electron chi connectivity index (χ4n) is 2.10. The van der Waals surface area contributed by atoms with E-state index in [1.54, 1.807) is 48.5 Å². The summed E-state index contributed by atoms with van der Waals surface area (Å²) in [6.07, 6.45) is 0. The molecule has 0 radical (unpaired) electrons. The molecule has 0 saturated heterocycles. The quantitative estimate of drug-likeness (QED) is 0.716. The second kappa shape index (κ2) is 6.55. The third-order valence-corrected chi connectivity index (χ3v) is 3.54. The number of carbonyl (C=O) groups is 2. The van der Waals surface area contributed by atoms with Crippen molar-refractivity contribution in [2.75, 3.05) is 0 Å². The van der Waals surface area contributed by atoms with Crippen LogP contribution in [0.4, 0.5) is 0 Å². The lowest BCUT2D eigenvalue weighted by Crippen LogP contribution is -2.27. The highest BCUT2D eigenvalue weighted by Crippen LogP contribution is 2.12. The predicted molar refractivity (Wildman–Crippen MR) is 89.2 cm³/mol. The van der Waals surface area contributed by atoms with Crippen LogP contribution in [0.25, 0.3) is 11.0 Å². The van der Waals surface area contributed by atoms with Crippen LogP contribution < -0.4 is 16.7 Å². The van der Waals surface area contributed by atoms with Gasteiger partial charge in [0.15, 0.2) is 0 Å². The minimum atomic E-state index is -0.705. The summed E-state index contributed by atoms with van der Waals surface area (Å²) in [7, 11) is 0. The molecule has 24 heavy (non-hydrogen) atoms. The average Bonchev–Trinajstić information content (AvgIpc) is 2.59. The van der Waals surface area contributed by atoms with E-state index in [1.807, 2.05) is 6.07 Å². The molecular weight excluding hydrogens is 330 g/mol. The van der Waals surface area contributed by atoms with Crippen LogP contribution in [0.5, 0.6) is 0 Å². The molecule has 0 aliphatic carbocycles. The molecule has 0 aliphatic rings. The standard InChI is InChI=1S/C17H12ClN3O3/c18-12-7-5-10(6-8-12)16(23)20-21-17-13(15(19)22)9-11-3-1-2-4-14(11)24-17/h1-9H,(H2,19,22)(H,20,23)/b21-17+. The van der Waals surface area contributed by atoms with Gasteiger partial charge in [-0.3, -0.25) is 9.59 Å². The maximum atomic E-state index is 12.1. The normalized spacial score (nSPS) is 11.5. The number of nitrogens with zero attached hydrogens (tertiary/aromatic N) is 1. The molecule has 1 aromatic heterocycles. The fraction of sp³-hybridized carbons (Fsp3) is 0. The highest BCUT2D eigenvalue weighted by atomic mass is 35.5. The molecular formula is C17H12ClN3O3. The second-order valence-electron chi connectivity index (χ2n) is 4.93. The molecule has 2 amide bonds. The first-order valence-electron chi connectivity index (χ1n) is 6.97. The molecule has 3 N–H and O–H groups in total. The number of para-hydroxylation sites is 1. The highest BCUT2D eigenvalue weighted by Gasteiger charge is 2.10. The summed E-state index contributed by atoms with van der Waals surface area (Å²) in [6, 6.07) is 14.9. The van der Waals surface area contributed by atoms with Crippen molar-refractivity contribution in [1.82, 2.24) is 5.43 Å². The van der Waals surface area contributed by atoms with Crippen LogP contribution in [0, 0.1) is 0 Å². The first-order chi connectivity index (χ1) is 11.5.